The van der Waals surface area contributed by atoms with E-state index < -0.39 is 0 Å². The maximum atomic E-state index is 4.33. The molecule has 0 aliphatic rings. The first-order valence-corrected chi connectivity index (χ1v) is 1.68. The minimum Gasteiger partial charge on any atom is -0.365 e. The number of aromatic nitrogens is 1. The van der Waals surface area contributed by atoms with E-state index in [1.807, 2.05) is 0 Å². The van der Waals surface area contributed by atoms with Crippen molar-refractivity contribution < 1.29 is 4.52 Å². The number of hydrogen-bond acceptors (Lipinski definition) is 2. The summed E-state index contributed by atoms with van der Waals surface area (Å²) in [7, 11) is 0. The lowest BCUT2D eigenvalue weighted by Gasteiger charge is -1.48. The van der Waals surface area contributed by atoms with Crippen molar-refractivity contribution >= 4 is 0 Å². The Morgan fingerprint density at radius 1 is 1.43 bits per heavy atom. The highest BCUT2D eigenvalue weighted by Gasteiger charge is 1.60. The third kappa shape index (κ3) is 2.58. The van der Waals surface area contributed by atoms with Crippen molar-refractivity contribution in [3.8, 4) is 12.8 Å². The minimum absolute atomic E-state index is 1.51. The number of terminal acetylenes is 1. The SMILES string of the molecule is C#C.c1cnoc1. The molecule has 2 heteroatoms. The molecule has 1 rings (SSSR count). The third-order valence-electron chi connectivity index (χ3n) is 0.347. The van der Waals surface area contributed by atoms with Crippen molar-refractivity contribution in [1.82, 2.24) is 5.16 Å². The molecular formula is C5H5NO. The van der Waals surface area contributed by atoms with Crippen LogP contribution in [0, 0.1) is 12.8 Å². The molecule has 1 aromatic rings. The van der Waals surface area contributed by atoms with Crippen molar-refractivity contribution in [3.05, 3.63) is 18.5 Å². The van der Waals surface area contributed by atoms with Crippen LogP contribution in [0.1, 0.15) is 0 Å². The largest absolute Gasteiger partial charge is 0.365 e. The Morgan fingerprint density at radius 2 is 2.14 bits per heavy atom. The van der Waals surface area contributed by atoms with Gasteiger partial charge in [0.2, 0.25) is 0 Å². The second kappa shape index (κ2) is 4.77. The highest BCUT2D eigenvalue weighted by atomic mass is 16.5. The maximum absolute atomic E-state index is 4.33. The molecule has 0 saturated heterocycles. The van der Waals surface area contributed by atoms with E-state index in [2.05, 4.69) is 22.5 Å². The van der Waals surface area contributed by atoms with Gasteiger partial charge >= 0.3 is 0 Å². The average molecular weight is 95.1 g/mol. The van der Waals surface area contributed by atoms with Gasteiger partial charge in [0.25, 0.3) is 0 Å². The summed E-state index contributed by atoms with van der Waals surface area (Å²) < 4.78 is 4.33. The smallest absolute Gasteiger partial charge is 0.123 e. The lowest BCUT2D eigenvalue weighted by molar-refractivity contribution is 0.420. The van der Waals surface area contributed by atoms with Crippen LogP contribution >= 0.6 is 0 Å². The average Bonchev–Trinajstić information content (AvgIpc) is 2.23. The molecule has 0 radical (unpaired) electrons. The van der Waals surface area contributed by atoms with Gasteiger partial charge in [-0.3, -0.25) is 0 Å². The van der Waals surface area contributed by atoms with Crippen LogP contribution in [0.25, 0.3) is 0 Å². The lowest BCUT2D eigenvalue weighted by atomic mass is 10.8. The van der Waals surface area contributed by atoms with Gasteiger partial charge in [0.1, 0.15) is 6.26 Å². The van der Waals surface area contributed by atoms with Crippen molar-refractivity contribution in [3.63, 3.8) is 0 Å². The fourth-order valence-electron chi connectivity index (χ4n) is 0.176. The molecule has 1 heterocycles. The summed E-state index contributed by atoms with van der Waals surface area (Å²) >= 11 is 0. The fraction of sp³-hybridized carbons (Fsp3) is 0. The zero-order valence-electron chi connectivity index (χ0n) is 3.74. The summed E-state index contributed by atoms with van der Waals surface area (Å²) in [5.41, 5.74) is 0. The van der Waals surface area contributed by atoms with Crippen molar-refractivity contribution in [2.75, 3.05) is 0 Å². The van der Waals surface area contributed by atoms with Gasteiger partial charge < -0.3 is 4.52 Å². The first-order valence-electron chi connectivity index (χ1n) is 1.68. The van der Waals surface area contributed by atoms with Crippen LogP contribution in [-0.2, 0) is 0 Å². The highest BCUT2D eigenvalue weighted by Crippen LogP contribution is 1.72. The van der Waals surface area contributed by atoms with Crippen molar-refractivity contribution in [1.29, 1.82) is 0 Å². The van der Waals surface area contributed by atoms with Gasteiger partial charge in [-0.25, -0.2) is 0 Å². The Bertz CT molecular complexity index is 91.7. The quantitative estimate of drug-likeness (QED) is 0.448. The molecule has 0 aromatic carbocycles. The van der Waals surface area contributed by atoms with Crippen molar-refractivity contribution in [2.24, 2.45) is 0 Å². The molecule has 7 heavy (non-hydrogen) atoms. The molecule has 0 bridgehead atoms. The summed E-state index contributed by atoms with van der Waals surface area (Å²) in [6, 6.07) is 1.72. The van der Waals surface area contributed by atoms with E-state index in [0.717, 1.165) is 0 Å². The normalized spacial score (nSPS) is 6.00. The summed E-state index contributed by atoms with van der Waals surface area (Å²) in [5, 5.41) is 3.35. The van der Waals surface area contributed by atoms with Gasteiger partial charge in [0, 0.05) is 0 Å². The van der Waals surface area contributed by atoms with Crippen LogP contribution < -0.4 is 0 Å². The van der Waals surface area contributed by atoms with E-state index in [9.17, 15) is 0 Å². The monoisotopic (exact) mass is 95.0 g/mol. The topological polar surface area (TPSA) is 26.0 Å². The predicted octanol–water partition coefficient (Wildman–Crippen LogP) is 0.924. The standard InChI is InChI=1S/C3H3NO.C2H2/c1-2-4-5-3-1;1-2/h1-3H;1-2H. The Balaban J connectivity index is 0.000000162. The molecule has 0 saturated carbocycles. The van der Waals surface area contributed by atoms with Gasteiger partial charge in [-0.15, -0.1) is 12.8 Å². The van der Waals surface area contributed by atoms with Gasteiger partial charge in [-0.1, -0.05) is 5.16 Å². The van der Waals surface area contributed by atoms with Gasteiger partial charge in [0.15, 0.2) is 0 Å². The molecule has 0 N–H and O–H groups in total. The summed E-state index contributed by atoms with van der Waals surface area (Å²) in [5.74, 6) is 0. The minimum atomic E-state index is 1.51. The van der Waals surface area contributed by atoms with Gasteiger partial charge in [-0.05, 0) is 6.07 Å². The van der Waals surface area contributed by atoms with Crippen LogP contribution in [0.4, 0.5) is 0 Å². The molecule has 2 nitrogen and oxygen atoms in total. The molecule has 0 spiro atoms. The summed E-state index contributed by atoms with van der Waals surface area (Å²) in [4.78, 5) is 0. The molecule has 0 unspecified atom stereocenters. The van der Waals surface area contributed by atoms with Crippen LogP contribution in [0.5, 0.6) is 0 Å². The van der Waals surface area contributed by atoms with Crippen molar-refractivity contribution in [2.45, 2.75) is 0 Å². The van der Waals surface area contributed by atoms with Crippen LogP contribution in [0.15, 0.2) is 23.0 Å². The molecule has 0 aliphatic heterocycles. The second-order valence-electron chi connectivity index (χ2n) is 0.688. The van der Waals surface area contributed by atoms with Crippen LogP contribution in [0.3, 0.4) is 0 Å². The first-order chi connectivity index (χ1) is 3.50. The molecule has 1 aromatic heterocycles. The van der Waals surface area contributed by atoms with Gasteiger partial charge in [0.05, 0.1) is 6.20 Å². The molecule has 36 valence electrons. The summed E-state index contributed by atoms with van der Waals surface area (Å²) in [6.45, 7) is 0. The van der Waals surface area contributed by atoms with Gasteiger partial charge in [-0.2, -0.15) is 0 Å². The van der Waals surface area contributed by atoms with Crippen LogP contribution in [0.2, 0.25) is 0 Å². The van der Waals surface area contributed by atoms with E-state index in [1.54, 1.807) is 12.3 Å². The van der Waals surface area contributed by atoms with E-state index in [0.29, 0.717) is 0 Å². The number of nitrogens with zero attached hydrogens (tertiary/aromatic N) is 1. The Hall–Kier alpha value is -1.23. The maximum Gasteiger partial charge on any atom is 0.123 e. The molecule has 0 aliphatic carbocycles. The van der Waals surface area contributed by atoms with Crippen LogP contribution in [-0.4, -0.2) is 5.16 Å². The first kappa shape index (κ1) is 5.77. The van der Waals surface area contributed by atoms with E-state index in [-0.39, 0.29) is 0 Å². The zero-order valence-corrected chi connectivity index (χ0v) is 3.74. The zero-order chi connectivity index (χ0) is 5.54. The number of hydrogen-bond donors (Lipinski definition) is 0. The molecule has 0 atom stereocenters. The number of rotatable bonds is 0. The molecule has 0 fully saturated rings. The van der Waals surface area contributed by atoms with E-state index >= 15 is 0 Å². The highest BCUT2D eigenvalue weighted by molar-refractivity contribution is 4.67. The molecular weight excluding hydrogens is 90.1 g/mol. The fourth-order valence-corrected chi connectivity index (χ4v) is 0.176. The second-order valence-corrected chi connectivity index (χ2v) is 0.688. The third-order valence-corrected chi connectivity index (χ3v) is 0.347. The Kier molecular flexibility index (Phi) is 3.93. The Labute approximate surface area is 42.1 Å². The van der Waals surface area contributed by atoms with E-state index in [1.165, 1.54) is 6.26 Å². The lowest BCUT2D eigenvalue weighted by Crippen LogP contribution is -1.38. The summed E-state index contributed by atoms with van der Waals surface area (Å²) in [6.07, 6.45) is 11.1. The molecule has 0 amide bonds. The predicted molar refractivity (Wildman–Crippen MR) is 26.4 cm³/mol. The van der Waals surface area contributed by atoms with E-state index in [4.69, 9.17) is 0 Å². The Morgan fingerprint density at radius 3 is 2.29 bits per heavy atom.